The number of likely N-dealkylation sites (N-methyl/N-ethyl adjacent to an activating group) is 1. The molecule has 5 heteroatoms. The average molecular weight is 232 g/mol. The second-order valence-corrected chi connectivity index (χ2v) is 3.96. The number of primary amides is 1. The van der Waals surface area contributed by atoms with Crippen LogP contribution in [0.25, 0.3) is 10.9 Å². The first-order valence-corrected chi connectivity index (χ1v) is 5.59. The van der Waals surface area contributed by atoms with Gasteiger partial charge >= 0.3 is 0 Å². The number of aryl methyl sites for hydroxylation is 1. The Morgan fingerprint density at radius 3 is 3.00 bits per heavy atom. The van der Waals surface area contributed by atoms with Gasteiger partial charge in [0.2, 0.25) is 5.91 Å². The number of hydrogen-bond donors (Lipinski definition) is 2. The van der Waals surface area contributed by atoms with E-state index in [2.05, 4.69) is 10.4 Å². The van der Waals surface area contributed by atoms with E-state index in [0.717, 1.165) is 10.9 Å². The maximum absolute atomic E-state index is 11.1. The molecule has 0 bridgehead atoms. The fourth-order valence-electron chi connectivity index (χ4n) is 1.88. The van der Waals surface area contributed by atoms with Crippen LogP contribution in [0.2, 0.25) is 0 Å². The van der Waals surface area contributed by atoms with Crippen LogP contribution in [0.15, 0.2) is 30.5 Å². The number of benzene rings is 1. The van der Waals surface area contributed by atoms with Crippen molar-refractivity contribution in [3.63, 3.8) is 0 Å². The lowest BCUT2D eigenvalue weighted by molar-refractivity contribution is -0.120. The minimum absolute atomic E-state index is 0.307. The number of carbonyl (C=O) groups is 1. The lowest BCUT2D eigenvalue weighted by Crippen LogP contribution is -2.39. The lowest BCUT2D eigenvalue weighted by atomic mass is 10.2. The van der Waals surface area contributed by atoms with Crippen molar-refractivity contribution >= 4 is 16.8 Å². The minimum Gasteiger partial charge on any atom is -0.368 e. The van der Waals surface area contributed by atoms with Crippen LogP contribution in [-0.2, 0) is 11.3 Å². The van der Waals surface area contributed by atoms with Gasteiger partial charge in [0.05, 0.1) is 17.8 Å². The number of fused-ring (bicyclic) bond motifs is 1. The molecule has 90 valence electrons. The summed E-state index contributed by atoms with van der Waals surface area (Å²) >= 11 is 0. The zero-order valence-electron chi connectivity index (χ0n) is 9.76. The van der Waals surface area contributed by atoms with Crippen LogP contribution in [0.3, 0.4) is 0 Å². The van der Waals surface area contributed by atoms with Crippen LogP contribution in [-0.4, -0.2) is 28.8 Å². The number of hydrogen-bond acceptors (Lipinski definition) is 3. The van der Waals surface area contributed by atoms with Gasteiger partial charge in [0.1, 0.15) is 0 Å². The number of nitrogens with zero attached hydrogens (tertiary/aromatic N) is 2. The topological polar surface area (TPSA) is 72.9 Å². The molecule has 5 nitrogen and oxygen atoms in total. The Labute approximate surface area is 99.6 Å². The van der Waals surface area contributed by atoms with Crippen molar-refractivity contribution in [2.24, 2.45) is 5.73 Å². The molecule has 0 aliphatic carbocycles. The largest absolute Gasteiger partial charge is 0.368 e. The molecule has 2 rings (SSSR count). The Kier molecular flexibility index (Phi) is 3.39. The molecule has 1 amide bonds. The molecule has 0 radical (unpaired) electrons. The van der Waals surface area contributed by atoms with E-state index in [4.69, 9.17) is 5.73 Å². The maximum Gasteiger partial charge on any atom is 0.234 e. The summed E-state index contributed by atoms with van der Waals surface area (Å²) in [5.74, 6) is -0.330. The van der Waals surface area contributed by atoms with E-state index in [1.807, 2.05) is 35.1 Å². The third-order valence-electron chi connectivity index (χ3n) is 2.87. The number of aromatic nitrogens is 2. The highest BCUT2D eigenvalue weighted by molar-refractivity contribution is 5.80. The molecule has 1 aromatic carbocycles. The van der Waals surface area contributed by atoms with Gasteiger partial charge in [-0.05, 0) is 19.5 Å². The molecule has 0 saturated heterocycles. The zero-order valence-corrected chi connectivity index (χ0v) is 9.76. The lowest BCUT2D eigenvalue weighted by Gasteiger charge is -2.12. The van der Waals surface area contributed by atoms with Crippen molar-refractivity contribution in [3.8, 4) is 0 Å². The number of para-hydroxylation sites is 1. The monoisotopic (exact) mass is 232 g/mol. The summed E-state index contributed by atoms with van der Waals surface area (Å²) in [6, 6.07) is 7.68. The first kappa shape index (κ1) is 11.6. The number of amides is 1. The highest BCUT2D eigenvalue weighted by Crippen LogP contribution is 2.13. The molecule has 0 aliphatic rings. The van der Waals surface area contributed by atoms with Crippen LogP contribution >= 0.6 is 0 Å². The average Bonchev–Trinajstić information content (AvgIpc) is 2.73. The second kappa shape index (κ2) is 4.97. The van der Waals surface area contributed by atoms with E-state index in [1.165, 1.54) is 0 Å². The van der Waals surface area contributed by atoms with Crippen molar-refractivity contribution in [2.45, 2.75) is 19.0 Å². The summed E-state index contributed by atoms with van der Waals surface area (Å²) in [5, 5.41) is 8.30. The Balaban J connectivity index is 2.11. The van der Waals surface area contributed by atoms with E-state index < -0.39 is 0 Å². The third-order valence-corrected chi connectivity index (χ3v) is 2.87. The van der Waals surface area contributed by atoms with Crippen LogP contribution in [0.4, 0.5) is 0 Å². The van der Waals surface area contributed by atoms with Gasteiger partial charge < -0.3 is 11.1 Å². The van der Waals surface area contributed by atoms with Crippen molar-refractivity contribution < 1.29 is 4.79 Å². The molecule has 1 unspecified atom stereocenters. The standard InChI is InChI=1S/C12H16N4O/c1-14-10(12(13)17)6-7-16-11-5-3-2-4-9(11)8-15-16/h2-5,8,10,14H,6-7H2,1H3,(H2,13,17). The van der Waals surface area contributed by atoms with Crippen LogP contribution in [0.5, 0.6) is 0 Å². The van der Waals surface area contributed by atoms with Gasteiger partial charge in [0.15, 0.2) is 0 Å². The van der Waals surface area contributed by atoms with Gasteiger partial charge in [-0.25, -0.2) is 0 Å². The highest BCUT2D eigenvalue weighted by atomic mass is 16.1. The van der Waals surface area contributed by atoms with Crippen molar-refractivity contribution in [1.82, 2.24) is 15.1 Å². The Bertz CT molecular complexity index is 520. The smallest absolute Gasteiger partial charge is 0.234 e. The van der Waals surface area contributed by atoms with Gasteiger partial charge in [-0.15, -0.1) is 0 Å². The predicted molar refractivity (Wildman–Crippen MR) is 66.4 cm³/mol. The maximum atomic E-state index is 11.1. The predicted octanol–water partition coefficient (Wildman–Crippen LogP) is 0.500. The third kappa shape index (κ3) is 2.45. The SMILES string of the molecule is CNC(CCn1ncc2ccccc21)C(N)=O. The van der Waals surface area contributed by atoms with E-state index >= 15 is 0 Å². The second-order valence-electron chi connectivity index (χ2n) is 3.96. The molecule has 1 aromatic heterocycles. The van der Waals surface area contributed by atoms with Gasteiger partial charge in [-0.2, -0.15) is 5.10 Å². The molecular weight excluding hydrogens is 216 g/mol. The fraction of sp³-hybridized carbons (Fsp3) is 0.333. The summed E-state index contributed by atoms with van der Waals surface area (Å²) in [7, 11) is 1.73. The van der Waals surface area contributed by atoms with Crippen LogP contribution in [0, 0.1) is 0 Å². The summed E-state index contributed by atoms with van der Waals surface area (Å²) in [4.78, 5) is 11.1. The Morgan fingerprint density at radius 2 is 2.29 bits per heavy atom. The quantitative estimate of drug-likeness (QED) is 0.788. The summed E-state index contributed by atoms with van der Waals surface area (Å²) in [6.45, 7) is 0.669. The number of rotatable bonds is 5. The first-order valence-electron chi connectivity index (χ1n) is 5.59. The van der Waals surface area contributed by atoms with Crippen molar-refractivity contribution in [3.05, 3.63) is 30.5 Å². The molecule has 1 heterocycles. The van der Waals surface area contributed by atoms with Crippen LogP contribution < -0.4 is 11.1 Å². The Morgan fingerprint density at radius 1 is 1.53 bits per heavy atom. The summed E-state index contributed by atoms with van der Waals surface area (Å²) < 4.78 is 1.89. The highest BCUT2D eigenvalue weighted by Gasteiger charge is 2.13. The molecule has 0 fully saturated rings. The van der Waals surface area contributed by atoms with Crippen molar-refractivity contribution in [1.29, 1.82) is 0 Å². The van der Waals surface area contributed by atoms with Gasteiger partial charge in [-0.3, -0.25) is 9.48 Å². The van der Waals surface area contributed by atoms with E-state index in [-0.39, 0.29) is 11.9 Å². The van der Waals surface area contributed by atoms with Crippen LogP contribution in [0.1, 0.15) is 6.42 Å². The van der Waals surface area contributed by atoms with Gasteiger partial charge in [-0.1, -0.05) is 18.2 Å². The van der Waals surface area contributed by atoms with Gasteiger partial charge in [0, 0.05) is 11.9 Å². The molecule has 0 saturated carbocycles. The summed E-state index contributed by atoms with van der Waals surface area (Å²) in [5.41, 5.74) is 6.34. The normalized spacial score (nSPS) is 12.8. The van der Waals surface area contributed by atoms with E-state index in [9.17, 15) is 4.79 Å². The molecule has 3 N–H and O–H groups in total. The number of carbonyl (C=O) groups excluding carboxylic acids is 1. The van der Waals surface area contributed by atoms with Gasteiger partial charge in [0.25, 0.3) is 0 Å². The molecule has 0 spiro atoms. The molecule has 0 aliphatic heterocycles. The first-order chi connectivity index (χ1) is 8.22. The van der Waals surface area contributed by atoms with E-state index in [0.29, 0.717) is 13.0 Å². The summed E-state index contributed by atoms with van der Waals surface area (Å²) in [6.07, 6.45) is 2.46. The molecule has 17 heavy (non-hydrogen) atoms. The Hall–Kier alpha value is -1.88. The zero-order chi connectivity index (χ0) is 12.3. The molecular formula is C12H16N4O. The fourth-order valence-corrected chi connectivity index (χ4v) is 1.88. The number of nitrogens with two attached hydrogens (primary N) is 1. The molecule has 2 aromatic rings. The number of nitrogens with one attached hydrogen (secondary N) is 1. The minimum atomic E-state index is -0.330. The molecule has 1 atom stereocenters. The van der Waals surface area contributed by atoms with Crippen molar-refractivity contribution in [2.75, 3.05) is 7.05 Å². The van der Waals surface area contributed by atoms with E-state index in [1.54, 1.807) is 7.05 Å².